The van der Waals surface area contributed by atoms with Crippen molar-refractivity contribution in [3.8, 4) is 0 Å². The van der Waals surface area contributed by atoms with Crippen LogP contribution in [0.25, 0.3) is 0 Å². The largest absolute Gasteiger partial charge is 0.368 e. The highest BCUT2D eigenvalue weighted by Crippen LogP contribution is 2.30. The average Bonchev–Trinajstić information content (AvgIpc) is 3.06. The third-order valence-corrected chi connectivity index (χ3v) is 6.44. The normalized spacial score (nSPS) is 17.7. The second-order valence-corrected chi connectivity index (χ2v) is 8.10. The number of piperazine rings is 1. The van der Waals surface area contributed by atoms with Crippen LogP contribution in [-0.2, 0) is 12.8 Å². The molecule has 1 aliphatic carbocycles. The van der Waals surface area contributed by atoms with Gasteiger partial charge in [-0.25, -0.2) is 0 Å². The van der Waals surface area contributed by atoms with E-state index in [0.29, 0.717) is 0 Å². The maximum Gasteiger partial charge on any atom is 0.264 e. The third-order valence-electron chi connectivity index (χ3n) is 4.97. The first-order valence-electron chi connectivity index (χ1n) is 8.62. The van der Waals surface area contributed by atoms with E-state index in [1.807, 2.05) is 29.2 Å². The molecule has 0 bridgehead atoms. The summed E-state index contributed by atoms with van der Waals surface area (Å²) in [5.74, 6) is 0.213. The number of amides is 1. The van der Waals surface area contributed by atoms with Crippen LogP contribution in [0.4, 0.5) is 5.69 Å². The number of hydrogen-bond donors (Lipinski definition) is 0. The summed E-state index contributed by atoms with van der Waals surface area (Å²) < 4.78 is 0. The van der Waals surface area contributed by atoms with Crippen molar-refractivity contribution in [3.63, 3.8) is 0 Å². The molecule has 24 heavy (non-hydrogen) atoms. The molecule has 0 saturated carbocycles. The van der Waals surface area contributed by atoms with Gasteiger partial charge in [0.05, 0.1) is 4.88 Å². The zero-order valence-corrected chi connectivity index (χ0v) is 15.2. The number of hydrogen-bond acceptors (Lipinski definition) is 3. The molecule has 0 spiro atoms. The summed E-state index contributed by atoms with van der Waals surface area (Å²) in [6.45, 7) is 3.31. The monoisotopic (exact) mass is 360 g/mol. The number of fused-ring (bicyclic) bond motifs is 1. The highest BCUT2D eigenvalue weighted by molar-refractivity contribution is 7.14. The summed E-state index contributed by atoms with van der Waals surface area (Å²) in [5, 5.41) is 0.759. The van der Waals surface area contributed by atoms with E-state index in [0.717, 1.165) is 48.9 Å². The number of thiophene rings is 1. The molecule has 1 fully saturated rings. The van der Waals surface area contributed by atoms with Crippen LogP contribution >= 0.6 is 22.9 Å². The predicted molar refractivity (Wildman–Crippen MR) is 101 cm³/mol. The summed E-state index contributed by atoms with van der Waals surface area (Å²) >= 11 is 7.67. The minimum atomic E-state index is 0.213. The van der Waals surface area contributed by atoms with Crippen molar-refractivity contribution >= 4 is 34.5 Å². The predicted octanol–water partition coefficient (Wildman–Crippen LogP) is 4.24. The van der Waals surface area contributed by atoms with E-state index in [-0.39, 0.29) is 5.91 Å². The standard InChI is InChI=1S/C19H21ClN2OS/c20-15-5-7-16(8-6-15)21-9-11-22(12-10-21)19(23)18-13-14-3-1-2-4-17(14)24-18/h5-8,13H,1-4,9-12H2. The second-order valence-electron chi connectivity index (χ2n) is 6.52. The Hall–Kier alpha value is -1.52. The van der Waals surface area contributed by atoms with Crippen LogP contribution in [0.15, 0.2) is 30.3 Å². The summed E-state index contributed by atoms with van der Waals surface area (Å²) in [4.78, 5) is 19.5. The van der Waals surface area contributed by atoms with Crippen LogP contribution in [-0.4, -0.2) is 37.0 Å². The zero-order chi connectivity index (χ0) is 16.5. The maximum absolute atomic E-state index is 12.8. The van der Waals surface area contributed by atoms with Crippen molar-refractivity contribution in [2.45, 2.75) is 25.7 Å². The Morgan fingerprint density at radius 3 is 2.42 bits per heavy atom. The van der Waals surface area contributed by atoms with Gasteiger partial charge in [-0.3, -0.25) is 4.79 Å². The molecule has 0 atom stereocenters. The van der Waals surface area contributed by atoms with E-state index in [1.165, 1.54) is 29.0 Å². The molecule has 1 amide bonds. The van der Waals surface area contributed by atoms with Crippen molar-refractivity contribution in [1.29, 1.82) is 0 Å². The van der Waals surface area contributed by atoms with Crippen molar-refractivity contribution < 1.29 is 4.79 Å². The minimum Gasteiger partial charge on any atom is -0.368 e. The van der Waals surface area contributed by atoms with Gasteiger partial charge in [0.15, 0.2) is 0 Å². The first-order valence-corrected chi connectivity index (χ1v) is 9.81. The average molecular weight is 361 g/mol. The van der Waals surface area contributed by atoms with E-state index in [1.54, 1.807) is 11.3 Å². The zero-order valence-electron chi connectivity index (χ0n) is 13.6. The fourth-order valence-corrected chi connectivity index (χ4v) is 4.92. The van der Waals surface area contributed by atoms with Crippen molar-refractivity contribution in [1.82, 2.24) is 4.90 Å². The minimum absolute atomic E-state index is 0.213. The lowest BCUT2D eigenvalue weighted by atomic mass is 9.99. The highest BCUT2D eigenvalue weighted by Gasteiger charge is 2.25. The van der Waals surface area contributed by atoms with Gasteiger partial charge >= 0.3 is 0 Å². The van der Waals surface area contributed by atoms with Crippen molar-refractivity contribution in [2.75, 3.05) is 31.1 Å². The van der Waals surface area contributed by atoms with E-state index < -0.39 is 0 Å². The van der Waals surface area contributed by atoms with Gasteiger partial charge in [-0.05, 0) is 61.6 Å². The summed E-state index contributed by atoms with van der Waals surface area (Å²) in [7, 11) is 0. The lowest BCUT2D eigenvalue weighted by Crippen LogP contribution is -2.48. The lowest BCUT2D eigenvalue weighted by Gasteiger charge is -2.36. The van der Waals surface area contributed by atoms with Crippen LogP contribution in [0.2, 0.25) is 5.02 Å². The molecule has 0 unspecified atom stereocenters. The molecule has 1 aromatic carbocycles. The Bertz CT molecular complexity index is 709. The van der Waals surface area contributed by atoms with E-state index >= 15 is 0 Å². The van der Waals surface area contributed by atoms with E-state index in [4.69, 9.17) is 11.6 Å². The van der Waals surface area contributed by atoms with Crippen molar-refractivity contribution in [2.24, 2.45) is 0 Å². The summed E-state index contributed by atoms with van der Waals surface area (Å²) in [6.07, 6.45) is 4.82. The fraction of sp³-hybridized carbons (Fsp3) is 0.421. The fourth-order valence-electron chi connectivity index (χ4n) is 3.57. The molecule has 2 aliphatic rings. The van der Waals surface area contributed by atoms with Crippen LogP contribution in [0.1, 0.15) is 33.0 Å². The maximum atomic E-state index is 12.8. The Morgan fingerprint density at radius 2 is 1.71 bits per heavy atom. The number of rotatable bonds is 2. The van der Waals surface area contributed by atoms with Gasteiger partial charge in [0.1, 0.15) is 0 Å². The first kappa shape index (κ1) is 16.0. The molecule has 5 heteroatoms. The number of carbonyl (C=O) groups excluding carboxylic acids is 1. The Labute approximate surface area is 151 Å². The molecular weight excluding hydrogens is 340 g/mol. The van der Waals surface area contributed by atoms with Gasteiger partial charge in [0.25, 0.3) is 5.91 Å². The summed E-state index contributed by atoms with van der Waals surface area (Å²) in [5.41, 5.74) is 2.59. The molecule has 1 aromatic heterocycles. The van der Waals surface area contributed by atoms with Crippen molar-refractivity contribution in [3.05, 3.63) is 50.7 Å². The van der Waals surface area contributed by atoms with Gasteiger partial charge in [-0.2, -0.15) is 0 Å². The van der Waals surface area contributed by atoms with Gasteiger partial charge < -0.3 is 9.80 Å². The second kappa shape index (κ2) is 6.77. The number of halogens is 1. The molecule has 0 N–H and O–H groups in total. The van der Waals surface area contributed by atoms with Gasteiger partial charge in [-0.1, -0.05) is 11.6 Å². The number of benzene rings is 1. The number of anilines is 1. The first-order chi connectivity index (χ1) is 11.7. The highest BCUT2D eigenvalue weighted by atomic mass is 35.5. The molecule has 1 saturated heterocycles. The smallest absolute Gasteiger partial charge is 0.264 e. The number of nitrogens with zero attached hydrogens (tertiary/aromatic N) is 2. The van der Waals surface area contributed by atoms with Crippen LogP contribution in [0.5, 0.6) is 0 Å². The molecule has 126 valence electrons. The van der Waals surface area contributed by atoms with E-state index in [9.17, 15) is 4.79 Å². The molecule has 2 aromatic rings. The quantitative estimate of drug-likeness (QED) is 0.799. The molecule has 2 heterocycles. The molecule has 0 radical (unpaired) electrons. The number of carbonyl (C=O) groups is 1. The van der Waals surface area contributed by atoms with Gasteiger partial charge in [0.2, 0.25) is 0 Å². The Kier molecular flexibility index (Phi) is 4.51. The van der Waals surface area contributed by atoms with Crippen LogP contribution in [0.3, 0.4) is 0 Å². The molecule has 3 nitrogen and oxygen atoms in total. The third kappa shape index (κ3) is 3.17. The lowest BCUT2D eigenvalue weighted by molar-refractivity contribution is 0.0751. The Balaban J connectivity index is 1.41. The molecular formula is C19H21ClN2OS. The SMILES string of the molecule is O=C(c1cc2c(s1)CCCC2)N1CCN(c2ccc(Cl)cc2)CC1. The van der Waals surface area contributed by atoms with Gasteiger partial charge in [0, 0.05) is 41.8 Å². The van der Waals surface area contributed by atoms with Crippen LogP contribution in [0, 0.1) is 0 Å². The topological polar surface area (TPSA) is 23.6 Å². The van der Waals surface area contributed by atoms with Gasteiger partial charge in [-0.15, -0.1) is 11.3 Å². The molecule has 4 rings (SSSR count). The molecule has 1 aliphatic heterocycles. The van der Waals surface area contributed by atoms with Crippen LogP contribution < -0.4 is 4.90 Å². The Morgan fingerprint density at radius 1 is 1.00 bits per heavy atom. The summed E-state index contributed by atoms with van der Waals surface area (Å²) in [6, 6.07) is 10.1. The number of aryl methyl sites for hydroxylation is 2. The van der Waals surface area contributed by atoms with E-state index in [2.05, 4.69) is 11.0 Å².